The number of hydrogen-bond donors (Lipinski definition) is 0. The van der Waals surface area contributed by atoms with Crippen molar-refractivity contribution in [1.82, 2.24) is 24.1 Å². The Morgan fingerprint density at radius 2 is 0.828 bits per heavy atom. The van der Waals surface area contributed by atoms with Gasteiger partial charge in [-0.15, -0.1) is 0 Å². The first-order chi connectivity index (χ1) is 31.7. The van der Waals surface area contributed by atoms with Gasteiger partial charge in [0.2, 0.25) is 0 Å². The van der Waals surface area contributed by atoms with Crippen LogP contribution in [0.2, 0.25) is 0 Å². The van der Waals surface area contributed by atoms with E-state index in [4.69, 9.17) is 15.0 Å². The maximum Gasteiger partial charge on any atom is 0.164 e. The van der Waals surface area contributed by atoms with Crippen molar-refractivity contribution in [2.75, 3.05) is 0 Å². The summed E-state index contributed by atoms with van der Waals surface area (Å²) in [7, 11) is 0. The molecule has 0 bridgehead atoms. The monoisotopic (exact) mass is 815 g/mol. The molecule has 0 amide bonds. The van der Waals surface area contributed by atoms with Crippen LogP contribution in [0.4, 0.5) is 0 Å². The van der Waals surface area contributed by atoms with Crippen molar-refractivity contribution in [3.8, 4) is 56.7 Å². The predicted octanol–water partition coefficient (Wildman–Crippen LogP) is 15.0. The van der Waals surface area contributed by atoms with Crippen molar-refractivity contribution in [3.05, 3.63) is 224 Å². The molecule has 0 unspecified atom stereocenters. The second-order valence-corrected chi connectivity index (χ2v) is 16.4. The van der Waals surface area contributed by atoms with Gasteiger partial charge in [-0.25, -0.2) is 15.0 Å². The van der Waals surface area contributed by atoms with E-state index in [2.05, 4.69) is 173 Å². The van der Waals surface area contributed by atoms with Crippen LogP contribution < -0.4 is 0 Å². The van der Waals surface area contributed by atoms with Crippen molar-refractivity contribution in [2.24, 2.45) is 0 Å². The fourth-order valence-corrected chi connectivity index (χ4v) is 9.85. The molecule has 0 aliphatic rings. The van der Waals surface area contributed by atoms with E-state index in [0.29, 0.717) is 17.5 Å². The first kappa shape index (κ1) is 36.0. The Hall–Kier alpha value is -8.67. The average molecular weight is 816 g/mol. The molecule has 298 valence electrons. The van der Waals surface area contributed by atoms with E-state index in [1.54, 1.807) is 0 Å². The Morgan fingerprint density at radius 1 is 0.266 bits per heavy atom. The van der Waals surface area contributed by atoms with Gasteiger partial charge in [-0.2, -0.15) is 0 Å². The fraction of sp³-hybridized carbons (Fsp3) is 0. The summed E-state index contributed by atoms with van der Waals surface area (Å²) < 4.78 is 4.90. The summed E-state index contributed by atoms with van der Waals surface area (Å²) in [4.78, 5) is 15.1. The zero-order chi connectivity index (χ0) is 42.1. The molecule has 64 heavy (non-hydrogen) atoms. The molecule has 10 aromatic carbocycles. The number of benzene rings is 10. The van der Waals surface area contributed by atoms with E-state index in [1.165, 1.54) is 49.0 Å². The summed E-state index contributed by atoms with van der Waals surface area (Å²) in [5.74, 6) is 1.93. The molecule has 0 saturated carbocycles. The lowest BCUT2D eigenvalue weighted by Crippen LogP contribution is -2.00. The maximum absolute atomic E-state index is 5.10. The summed E-state index contributed by atoms with van der Waals surface area (Å²) in [6, 6.07) is 80.0. The number of hydrogen-bond acceptors (Lipinski definition) is 3. The van der Waals surface area contributed by atoms with E-state index < -0.39 is 0 Å². The zero-order valence-electron chi connectivity index (χ0n) is 34.6. The normalized spacial score (nSPS) is 11.8. The van der Waals surface area contributed by atoms with Gasteiger partial charge < -0.3 is 9.13 Å². The summed E-state index contributed by atoms with van der Waals surface area (Å²) in [5.41, 5.74) is 12.2. The lowest BCUT2D eigenvalue weighted by Gasteiger charge is -2.13. The van der Waals surface area contributed by atoms with Gasteiger partial charge in [-0.3, -0.25) is 0 Å². The minimum absolute atomic E-state index is 0.641. The van der Waals surface area contributed by atoms with Crippen LogP contribution in [0.3, 0.4) is 0 Å². The number of fused-ring (bicyclic) bond motifs is 9. The molecule has 3 aromatic heterocycles. The van der Waals surface area contributed by atoms with Crippen LogP contribution in [0.1, 0.15) is 0 Å². The molecule has 0 radical (unpaired) electrons. The molecule has 5 nitrogen and oxygen atoms in total. The second kappa shape index (κ2) is 14.5. The van der Waals surface area contributed by atoms with Crippen molar-refractivity contribution in [2.45, 2.75) is 0 Å². The highest BCUT2D eigenvalue weighted by atomic mass is 15.0. The topological polar surface area (TPSA) is 48.5 Å². The van der Waals surface area contributed by atoms with Gasteiger partial charge in [0.1, 0.15) is 0 Å². The third-order valence-corrected chi connectivity index (χ3v) is 12.7. The summed E-state index contributed by atoms with van der Waals surface area (Å²) in [6.45, 7) is 0. The van der Waals surface area contributed by atoms with Crippen molar-refractivity contribution in [1.29, 1.82) is 0 Å². The largest absolute Gasteiger partial charge is 0.309 e. The van der Waals surface area contributed by atoms with Crippen molar-refractivity contribution in [3.63, 3.8) is 0 Å². The zero-order valence-corrected chi connectivity index (χ0v) is 34.6. The van der Waals surface area contributed by atoms with Crippen LogP contribution in [-0.4, -0.2) is 24.1 Å². The highest BCUT2D eigenvalue weighted by Crippen LogP contribution is 2.44. The fourth-order valence-electron chi connectivity index (χ4n) is 9.85. The molecule has 0 saturated heterocycles. The van der Waals surface area contributed by atoms with Crippen LogP contribution in [0.25, 0.3) is 122 Å². The average Bonchev–Trinajstić information content (AvgIpc) is 3.88. The summed E-state index contributed by atoms with van der Waals surface area (Å²) >= 11 is 0. The Kier molecular flexibility index (Phi) is 8.15. The van der Waals surface area contributed by atoms with Gasteiger partial charge in [-0.05, 0) is 75.8 Å². The van der Waals surface area contributed by atoms with Crippen LogP contribution in [0.5, 0.6) is 0 Å². The van der Waals surface area contributed by atoms with Crippen LogP contribution in [0.15, 0.2) is 224 Å². The van der Waals surface area contributed by atoms with Crippen molar-refractivity contribution < 1.29 is 0 Å². The molecule has 0 atom stereocenters. The van der Waals surface area contributed by atoms with Crippen molar-refractivity contribution >= 4 is 65.2 Å². The first-order valence-electron chi connectivity index (χ1n) is 21.7. The Bertz CT molecular complexity index is 3870. The minimum atomic E-state index is 0.641. The molecule has 0 aliphatic heterocycles. The van der Waals surface area contributed by atoms with Gasteiger partial charge in [-0.1, -0.05) is 176 Å². The second-order valence-electron chi connectivity index (χ2n) is 16.4. The molecular weight excluding hydrogens is 779 g/mol. The number of aromatic nitrogens is 5. The Balaban J connectivity index is 1.05. The molecular formula is C59H37N5. The maximum atomic E-state index is 5.10. The lowest BCUT2D eigenvalue weighted by atomic mass is 9.95. The standard InChI is InChI=1S/C59H37N5/c1-5-18-38(19-6-1)49-35-52-51-36-50-46-28-15-16-31-53(46)63(54(50)37-55(51)64(42-25-11-4-12-26-42)56(52)47-29-14-13-27-45(47)49)43-32-33-44-41(34-43)24-17-30-48(44)59-61-57(39-20-7-2-8-21-39)60-58(62-59)40-22-9-3-10-23-40/h1-37H. The van der Waals surface area contributed by atoms with Gasteiger partial charge >= 0.3 is 0 Å². The third-order valence-electron chi connectivity index (χ3n) is 12.7. The van der Waals surface area contributed by atoms with Gasteiger partial charge in [0.25, 0.3) is 0 Å². The number of para-hydroxylation sites is 2. The number of nitrogens with zero attached hydrogens (tertiary/aromatic N) is 5. The lowest BCUT2D eigenvalue weighted by molar-refractivity contribution is 1.08. The Morgan fingerprint density at radius 3 is 1.53 bits per heavy atom. The highest BCUT2D eigenvalue weighted by molar-refractivity contribution is 6.25. The Labute approximate surface area is 368 Å². The molecule has 0 aliphatic carbocycles. The predicted molar refractivity (Wildman–Crippen MR) is 265 cm³/mol. The first-order valence-corrected chi connectivity index (χ1v) is 21.7. The molecule has 3 heterocycles. The third kappa shape index (κ3) is 5.68. The van der Waals surface area contributed by atoms with E-state index >= 15 is 0 Å². The number of rotatable bonds is 6. The summed E-state index contributed by atoms with van der Waals surface area (Å²) in [5, 5.41) is 9.52. The quantitative estimate of drug-likeness (QED) is 0.168. The van der Waals surface area contributed by atoms with Gasteiger partial charge in [0, 0.05) is 55.0 Å². The highest BCUT2D eigenvalue weighted by Gasteiger charge is 2.22. The van der Waals surface area contributed by atoms with Gasteiger partial charge in [0.05, 0.1) is 22.1 Å². The molecule has 5 heteroatoms. The molecule has 0 N–H and O–H groups in total. The SMILES string of the molecule is c1ccc(-c2nc(-c3ccccc3)nc(-c3cccc4cc(-n5c6ccccc6c6cc7c8cc(-c9ccccc9)c9ccccc9c8n(-c8ccccc8)c7cc65)ccc34)n2)cc1. The molecule has 13 aromatic rings. The molecule has 13 rings (SSSR count). The molecule has 0 fully saturated rings. The van der Waals surface area contributed by atoms with Crippen LogP contribution in [-0.2, 0) is 0 Å². The van der Waals surface area contributed by atoms with E-state index in [0.717, 1.165) is 55.4 Å². The smallest absolute Gasteiger partial charge is 0.164 e. The van der Waals surface area contributed by atoms with E-state index in [9.17, 15) is 0 Å². The van der Waals surface area contributed by atoms with E-state index in [1.807, 2.05) is 60.7 Å². The van der Waals surface area contributed by atoms with E-state index in [-0.39, 0.29) is 0 Å². The van der Waals surface area contributed by atoms with Crippen LogP contribution >= 0.6 is 0 Å². The molecule has 0 spiro atoms. The minimum Gasteiger partial charge on any atom is -0.309 e. The van der Waals surface area contributed by atoms with Gasteiger partial charge in [0.15, 0.2) is 17.5 Å². The summed E-state index contributed by atoms with van der Waals surface area (Å²) in [6.07, 6.45) is 0. The van der Waals surface area contributed by atoms with Crippen LogP contribution in [0, 0.1) is 0 Å².